The largest absolute Gasteiger partial charge is 0.545 e. The zero-order chi connectivity index (χ0) is 11.4. The molecule has 0 saturated heterocycles. The van der Waals surface area contributed by atoms with E-state index in [1.165, 1.54) is 0 Å². The summed E-state index contributed by atoms with van der Waals surface area (Å²) in [7, 11) is 0. The van der Waals surface area contributed by atoms with Crippen LogP contribution in [0, 0.1) is 5.82 Å². The van der Waals surface area contributed by atoms with Crippen LogP contribution in [0.2, 0.25) is 0 Å². The first-order valence-corrected chi connectivity index (χ1v) is 4.50. The maximum absolute atomic E-state index is 13.1. The summed E-state index contributed by atoms with van der Waals surface area (Å²) in [5.74, 6) is -3.69. The Labute approximate surface area is 90.1 Å². The third kappa shape index (κ3) is 2.95. The summed E-state index contributed by atoms with van der Waals surface area (Å²) in [5.41, 5.74) is -0.321. The molecule has 0 spiro atoms. The van der Waals surface area contributed by atoms with Crippen LogP contribution in [0.25, 0.3) is 0 Å². The highest BCUT2D eigenvalue weighted by atomic mass is 32.1. The van der Waals surface area contributed by atoms with E-state index in [2.05, 4.69) is 17.4 Å². The average molecular weight is 229 g/mol. The fourth-order valence-corrected chi connectivity index (χ4v) is 0.930. The Bertz CT molecular complexity index is 405. The fourth-order valence-electron chi connectivity index (χ4n) is 0.865. The maximum Gasteiger partial charge on any atom is 0.321 e. The van der Waals surface area contributed by atoms with Crippen molar-refractivity contribution in [2.75, 3.05) is 5.75 Å². The van der Waals surface area contributed by atoms with Gasteiger partial charge >= 0.3 is 5.97 Å². The quantitative estimate of drug-likeness (QED) is 0.451. The van der Waals surface area contributed by atoms with Crippen LogP contribution in [0.3, 0.4) is 0 Å². The smallest absolute Gasteiger partial charge is 0.321 e. The first-order valence-electron chi connectivity index (χ1n) is 3.87. The molecule has 80 valence electrons. The van der Waals surface area contributed by atoms with E-state index in [1.807, 2.05) is 0 Å². The number of carboxylic acids is 1. The molecule has 0 heterocycles. The minimum Gasteiger partial charge on any atom is -0.545 e. The number of ether oxygens (including phenoxy) is 1. The molecular formula is C9H6FO4S-. The molecule has 1 rings (SSSR count). The second-order valence-corrected chi connectivity index (χ2v) is 2.88. The van der Waals surface area contributed by atoms with Crippen molar-refractivity contribution in [3.8, 4) is 5.75 Å². The topological polar surface area (TPSA) is 66.4 Å². The number of halogens is 1. The van der Waals surface area contributed by atoms with Gasteiger partial charge in [-0.25, -0.2) is 4.39 Å². The molecule has 0 aliphatic heterocycles. The number of carbonyl (C=O) groups is 2. The number of benzene rings is 1. The van der Waals surface area contributed by atoms with E-state index in [4.69, 9.17) is 0 Å². The van der Waals surface area contributed by atoms with Crippen LogP contribution < -0.4 is 9.84 Å². The summed E-state index contributed by atoms with van der Waals surface area (Å²) in [5, 5.41) is 10.3. The highest BCUT2D eigenvalue weighted by Gasteiger charge is 2.08. The van der Waals surface area contributed by atoms with Gasteiger partial charge in [0.2, 0.25) is 0 Å². The van der Waals surface area contributed by atoms with Gasteiger partial charge < -0.3 is 14.6 Å². The molecule has 1 aromatic rings. The summed E-state index contributed by atoms with van der Waals surface area (Å²) in [6.07, 6.45) is 0. The maximum atomic E-state index is 13.1. The predicted molar refractivity (Wildman–Crippen MR) is 50.2 cm³/mol. The number of rotatable bonds is 3. The van der Waals surface area contributed by atoms with Crippen molar-refractivity contribution in [2.24, 2.45) is 0 Å². The summed E-state index contributed by atoms with van der Waals surface area (Å²) in [6, 6.07) is 2.85. The molecule has 6 heteroatoms. The summed E-state index contributed by atoms with van der Waals surface area (Å²) < 4.78 is 17.6. The van der Waals surface area contributed by atoms with Gasteiger partial charge in [0.1, 0.15) is 0 Å². The Morgan fingerprint density at radius 1 is 1.47 bits per heavy atom. The van der Waals surface area contributed by atoms with Crippen molar-refractivity contribution in [1.82, 2.24) is 0 Å². The number of thiol groups is 1. The van der Waals surface area contributed by atoms with Crippen molar-refractivity contribution in [3.63, 3.8) is 0 Å². The first kappa shape index (κ1) is 11.5. The number of carbonyl (C=O) groups excluding carboxylic acids is 2. The van der Waals surface area contributed by atoms with E-state index in [0.717, 1.165) is 18.2 Å². The van der Waals surface area contributed by atoms with Gasteiger partial charge in [-0.1, -0.05) is 0 Å². The molecule has 1 aromatic carbocycles. The lowest BCUT2D eigenvalue weighted by Gasteiger charge is -2.06. The van der Waals surface area contributed by atoms with E-state index in [1.54, 1.807) is 0 Å². The van der Waals surface area contributed by atoms with E-state index in [0.29, 0.717) is 0 Å². The van der Waals surface area contributed by atoms with Gasteiger partial charge in [0.25, 0.3) is 0 Å². The van der Waals surface area contributed by atoms with Crippen LogP contribution in [0.4, 0.5) is 4.39 Å². The van der Waals surface area contributed by atoms with Gasteiger partial charge in [0.05, 0.1) is 11.7 Å². The Morgan fingerprint density at radius 2 is 2.13 bits per heavy atom. The van der Waals surface area contributed by atoms with Gasteiger partial charge in [0, 0.05) is 5.56 Å². The standard InChI is InChI=1S/C9H7FO4S/c10-6-3-5(9(12)13)1-2-7(6)14-8(11)4-15/h1-3,15H,4H2,(H,12,13)/p-1. The Balaban J connectivity index is 2.93. The molecule has 0 N–H and O–H groups in total. The molecule has 4 nitrogen and oxygen atoms in total. The van der Waals surface area contributed by atoms with Gasteiger partial charge in [-0.15, -0.1) is 0 Å². The van der Waals surface area contributed by atoms with Gasteiger partial charge in [0.15, 0.2) is 11.6 Å². The second-order valence-electron chi connectivity index (χ2n) is 2.56. The molecule has 0 aliphatic carbocycles. The van der Waals surface area contributed by atoms with E-state index < -0.39 is 17.8 Å². The number of aromatic carboxylic acids is 1. The number of hydrogen-bond donors (Lipinski definition) is 1. The molecular weight excluding hydrogens is 223 g/mol. The Hall–Kier alpha value is -1.56. The van der Waals surface area contributed by atoms with Crippen molar-refractivity contribution >= 4 is 24.6 Å². The summed E-state index contributed by atoms with van der Waals surface area (Å²) >= 11 is 3.63. The molecule has 0 atom stereocenters. The van der Waals surface area contributed by atoms with E-state index in [-0.39, 0.29) is 17.1 Å². The minimum absolute atomic E-state index is 0.193. The zero-order valence-electron chi connectivity index (χ0n) is 7.40. The molecule has 0 saturated carbocycles. The van der Waals surface area contributed by atoms with Gasteiger partial charge in [-0.2, -0.15) is 12.6 Å². The monoisotopic (exact) mass is 229 g/mol. The Morgan fingerprint density at radius 3 is 2.60 bits per heavy atom. The van der Waals surface area contributed by atoms with Crippen molar-refractivity contribution < 1.29 is 23.8 Å². The summed E-state index contributed by atoms with van der Waals surface area (Å²) in [6.45, 7) is 0. The average Bonchev–Trinajstić information content (AvgIpc) is 2.20. The molecule has 0 amide bonds. The van der Waals surface area contributed by atoms with E-state index >= 15 is 0 Å². The van der Waals surface area contributed by atoms with Crippen LogP contribution in [0.1, 0.15) is 10.4 Å². The third-order valence-corrected chi connectivity index (χ3v) is 1.78. The molecule has 0 bridgehead atoms. The molecule has 0 radical (unpaired) electrons. The number of esters is 1. The van der Waals surface area contributed by atoms with Gasteiger partial charge in [-0.3, -0.25) is 4.79 Å². The SMILES string of the molecule is O=C(CS)Oc1ccc(C(=O)[O-])cc1F. The second kappa shape index (κ2) is 4.79. The molecule has 15 heavy (non-hydrogen) atoms. The third-order valence-electron chi connectivity index (χ3n) is 1.52. The number of carboxylic acid groups (broad SMARTS) is 1. The van der Waals surface area contributed by atoms with Crippen LogP contribution in [0.5, 0.6) is 5.75 Å². The summed E-state index contributed by atoms with van der Waals surface area (Å²) in [4.78, 5) is 21.1. The van der Waals surface area contributed by atoms with Crippen LogP contribution in [0.15, 0.2) is 18.2 Å². The lowest BCUT2D eigenvalue weighted by Crippen LogP contribution is -2.22. The predicted octanol–water partition coefficient (Wildman–Crippen LogP) is 0.0244. The molecule has 0 unspecified atom stereocenters. The van der Waals surface area contributed by atoms with Crippen molar-refractivity contribution in [1.29, 1.82) is 0 Å². The Kier molecular flexibility index (Phi) is 3.68. The van der Waals surface area contributed by atoms with Crippen molar-refractivity contribution in [2.45, 2.75) is 0 Å². The first-order chi connectivity index (χ1) is 7.04. The molecule has 0 aliphatic rings. The normalized spacial score (nSPS) is 9.73. The lowest BCUT2D eigenvalue weighted by atomic mass is 10.2. The van der Waals surface area contributed by atoms with Crippen LogP contribution in [-0.4, -0.2) is 17.7 Å². The van der Waals surface area contributed by atoms with Gasteiger partial charge in [-0.05, 0) is 18.2 Å². The highest BCUT2D eigenvalue weighted by molar-refractivity contribution is 7.81. The van der Waals surface area contributed by atoms with Crippen LogP contribution >= 0.6 is 12.6 Å². The minimum atomic E-state index is -1.50. The molecule has 0 aromatic heterocycles. The van der Waals surface area contributed by atoms with E-state index in [9.17, 15) is 19.1 Å². The number of hydrogen-bond acceptors (Lipinski definition) is 5. The molecule has 0 fully saturated rings. The zero-order valence-corrected chi connectivity index (χ0v) is 8.29. The highest BCUT2D eigenvalue weighted by Crippen LogP contribution is 2.18. The lowest BCUT2D eigenvalue weighted by molar-refractivity contribution is -0.255. The van der Waals surface area contributed by atoms with Crippen molar-refractivity contribution in [3.05, 3.63) is 29.6 Å². The fraction of sp³-hybridized carbons (Fsp3) is 0.111. The van der Waals surface area contributed by atoms with Crippen LogP contribution in [-0.2, 0) is 4.79 Å².